The van der Waals surface area contributed by atoms with Crippen LogP contribution >= 0.6 is 0 Å². The second kappa shape index (κ2) is 20.2. The molecule has 3 rings (SSSR count). The van der Waals surface area contributed by atoms with E-state index in [2.05, 4.69) is 0 Å². The number of quaternary nitrogens is 2. The van der Waals surface area contributed by atoms with Crippen LogP contribution in [-0.4, -0.2) is 117 Å². The van der Waals surface area contributed by atoms with Crippen molar-refractivity contribution in [1.29, 1.82) is 0 Å². The van der Waals surface area contributed by atoms with Crippen LogP contribution in [0, 0.1) is 5.41 Å². The molecular weight excluding hydrogens is 644 g/mol. The van der Waals surface area contributed by atoms with E-state index in [1.165, 1.54) is 6.92 Å². The molecule has 0 aliphatic heterocycles. The second-order valence-corrected chi connectivity index (χ2v) is 13.3. The van der Waals surface area contributed by atoms with Gasteiger partial charge in [0.25, 0.3) is 0 Å². The number of esters is 1. The zero-order valence-corrected chi connectivity index (χ0v) is 29.4. The summed E-state index contributed by atoms with van der Waals surface area (Å²) in [6, 6.07) is 28.7. The number of aliphatic hydroxyl groups excluding tert-OH is 2. The molecule has 12 heteroatoms. The maximum atomic E-state index is 13.3. The van der Waals surface area contributed by atoms with Gasteiger partial charge in [-0.05, 0) is 12.5 Å². The Morgan fingerprint density at radius 1 is 0.560 bits per heavy atom. The molecule has 0 saturated heterocycles. The minimum Gasteiger partial charge on any atom is -0.460 e. The van der Waals surface area contributed by atoms with Crippen LogP contribution in [0.25, 0.3) is 0 Å². The van der Waals surface area contributed by atoms with Gasteiger partial charge in [-0.3, -0.25) is 4.79 Å². The first-order valence-corrected chi connectivity index (χ1v) is 16.8. The summed E-state index contributed by atoms with van der Waals surface area (Å²) in [6.07, 6.45) is -1.99. The lowest BCUT2D eigenvalue weighted by Gasteiger charge is -2.34. The van der Waals surface area contributed by atoms with Crippen molar-refractivity contribution < 1.29 is 57.2 Å². The molecule has 0 heterocycles. The van der Waals surface area contributed by atoms with Gasteiger partial charge in [-0.15, -0.1) is 0 Å². The van der Waals surface area contributed by atoms with E-state index in [1.54, 1.807) is 12.1 Å². The Bertz CT molecular complexity index is 1360. The Morgan fingerprint density at radius 3 is 1.32 bits per heavy atom. The topological polar surface area (TPSA) is 138 Å². The van der Waals surface area contributed by atoms with Gasteiger partial charge in [0.15, 0.2) is 0 Å². The first-order valence-electron chi connectivity index (χ1n) is 16.8. The van der Waals surface area contributed by atoms with Crippen LogP contribution in [0.4, 0.5) is 9.59 Å². The van der Waals surface area contributed by atoms with Gasteiger partial charge in [0.1, 0.15) is 77.7 Å². The van der Waals surface area contributed by atoms with Gasteiger partial charge in [-0.25, -0.2) is 9.59 Å². The average Bonchev–Trinajstić information content (AvgIpc) is 3.10. The van der Waals surface area contributed by atoms with Crippen molar-refractivity contribution in [2.24, 2.45) is 5.41 Å². The lowest BCUT2D eigenvalue weighted by Crippen LogP contribution is -2.48. The summed E-state index contributed by atoms with van der Waals surface area (Å²) in [4.78, 5) is 38.6. The molecule has 2 atom stereocenters. The SMILES string of the molecule is CC(COC(=O)OCC[N+](C)(CCO)Cc1ccccc1)(COC(=O)OCC[N+](C)(CCO)Cc1ccccc1)C(=O)OCc1ccccc1. The minimum absolute atomic E-state index is 0.0120. The molecular formula is C38H52N2O10+2. The lowest BCUT2D eigenvalue weighted by molar-refractivity contribution is -0.923. The molecule has 12 nitrogen and oxygen atoms in total. The fourth-order valence-electron chi connectivity index (χ4n) is 5.35. The normalized spacial score (nSPS) is 14.7. The van der Waals surface area contributed by atoms with Gasteiger partial charge in [0.05, 0.1) is 27.3 Å². The summed E-state index contributed by atoms with van der Waals surface area (Å²) in [5, 5.41) is 19.3. The number of hydrogen-bond acceptors (Lipinski definition) is 10. The molecule has 2 N–H and O–H groups in total. The van der Waals surface area contributed by atoms with Crippen molar-refractivity contribution >= 4 is 18.3 Å². The van der Waals surface area contributed by atoms with Crippen molar-refractivity contribution in [2.75, 3.05) is 79.9 Å². The summed E-state index contributed by atoms with van der Waals surface area (Å²) in [5.41, 5.74) is 1.35. The summed E-state index contributed by atoms with van der Waals surface area (Å²) >= 11 is 0. The molecule has 0 spiro atoms. The lowest BCUT2D eigenvalue weighted by atomic mass is 9.93. The Hall–Kier alpha value is -4.49. The van der Waals surface area contributed by atoms with Crippen LogP contribution < -0.4 is 0 Å². The summed E-state index contributed by atoms with van der Waals surface area (Å²) in [6.45, 7) is 3.42. The van der Waals surface area contributed by atoms with Crippen LogP contribution in [0.5, 0.6) is 0 Å². The first kappa shape index (κ1) is 39.9. The number of carbonyl (C=O) groups is 3. The Morgan fingerprint density at radius 2 is 0.940 bits per heavy atom. The van der Waals surface area contributed by atoms with Crippen LogP contribution in [-0.2, 0) is 48.2 Å². The van der Waals surface area contributed by atoms with Gasteiger partial charge in [-0.1, -0.05) is 91.0 Å². The largest absolute Gasteiger partial charge is 0.508 e. The van der Waals surface area contributed by atoms with Crippen molar-refractivity contribution in [3.8, 4) is 0 Å². The predicted octanol–water partition coefficient (Wildman–Crippen LogP) is 4.32. The highest BCUT2D eigenvalue weighted by Crippen LogP contribution is 2.22. The van der Waals surface area contributed by atoms with Crippen LogP contribution in [0.3, 0.4) is 0 Å². The van der Waals surface area contributed by atoms with E-state index in [9.17, 15) is 24.6 Å². The smallest absolute Gasteiger partial charge is 0.460 e. The fraction of sp³-hybridized carbons (Fsp3) is 0.447. The number of nitrogens with zero attached hydrogens (tertiary/aromatic N) is 2. The number of hydrogen-bond donors (Lipinski definition) is 2. The highest BCUT2D eigenvalue weighted by atomic mass is 16.7. The molecule has 3 aromatic rings. The molecule has 0 bridgehead atoms. The van der Waals surface area contributed by atoms with E-state index in [4.69, 9.17) is 23.7 Å². The quantitative estimate of drug-likeness (QED) is 0.0942. The predicted molar refractivity (Wildman–Crippen MR) is 185 cm³/mol. The molecule has 50 heavy (non-hydrogen) atoms. The molecule has 0 saturated carbocycles. The Labute approximate surface area is 294 Å². The van der Waals surface area contributed by atoms with E-state index < -0.39 is 36.9 Å². The van der Waals surface area contributed by atoms with E-state index in [1.807, 2.05) is 93.0 Å². The van der Waals surface area contributed by atoms with Gasteiger partial charge in [0, 0.05) is 11.1 Å². The Kier molecular flexibility index (Phi) is 16.2. The zero-order valence-electron chi connectivity index (χ0n) is 29.4. The highest BCUT2D eigenvalue weighted by Gasteiger charge is 2.39. The number of rotatable bonds is 21. The molecule has 0 aliphatic carbocycles. The third kappa shape index (κ3) is 14.2. The van der Waals surface area contributed by atoms with Crippen molar-refractivity contribution in [3.05, 3.63) is 108 Å². The molecule has 272 valence electrons. The van der Waals surface area contributed by atoms with Crippen molar-refractivity contribution in [1.82, 2.24) is 0 Å². The van der Waals surface area contributed by atoms with Crippen molar-refractivity contribution in [2.45, 2.75) is 26.6 Å². The average molecular weight is 697 g/mol. The third-order valence-corrected chi connectivity index (χ3v) is 8.52. The second-order valence-electron chi connectivity index (χ2n) is 13.3. The summed E-state index contributed by atoms with van der Waals surface area (Å²) in [7, 11) is 3.92. The molecule has 0 amide bonds. The fourth-order valence-corrected chi connectivity index (χ4v) is 5.35. The maximum absolute atomic E-state index is 13.3. The monoisotopic (exact) mass is 696 g/mol. The zero-order chi connectivity index (χ0) is 36.3. The van der Waals surface area contributed by atoms with Crippen LogP contribution in [0.15, 0.2) is 91.0 Å². The minimum atomic E-state index is -1.57. The number of aliphatic hydroxyl groups is 2. The number of likely N-dealkylation sites (N-methyl/N-ethyl adjacent to an activating group) is 2. The van der Waals surface area contributed by atoms with Gasteiger partial charge in [0.2, 0.25) is 0 Å². The molecule has 0 aromatic heterocycles. The van der Waals surface area contributed by atoms with Gasteiger partial charge >= 0.3 is 18.3 Å². The maximum Gasteiger partial charge on any atom is 0.508 e. The third-order valence-electron chi connectivity index (χ3n) is 8.52. The van der Waals surface area contributed by atoms with E-state index in [0.29, 0.717) is 48.2 Å². The van der Waals surface area contributed by atoms with E-state index >= 15 is 0 Å². The van der Waals surface area contributed by atoms with Crippen LogP contribution in [0.1, 0.15) is 23.6 Å². The van der Waals surface area contributed by atoms with E-state index in [-0.39, 0.29) is 33.0 Å². The molecule has 2 unspecified atom stereocenters. The van der Waals surface area contributed by atoms with Gasteiger partial charge < -0.3 is 42.9 Å². The summed E-state index contributed by atoms with van der Waals surface area (Å²) in [5.74, 6) is -0.743. The van der Waals surface area contributed by atoms with Crippen LogP contribution in [0.2, 0.25) is 0 Å². The van der Waals surface area contributed by atoms with E-state index in [0.717, 1.165) is 16.7 Å². The molecule has 3 aromatic carbocycles. The highest BCUT2D eigenvalue weighted by molar-refractivity contribution is 5.77. The Balaban J connectivity index is 1.55. The van der Waals surface area contributed by atoms with Crippen molar-refractivity contribution in [3.63, 3.8) is 0 Å². The first-order chi connectivity index (χ1) is 24.0. The summed E-state index contributed by atoms with van der Waals surface area (Å²) < 4.78 is 27.7. The number of carbonyl (C=O) groups excluding carboxylic acids is 3. The standard InChI is InChI=1S/C38H52N2O10/c1-38(35(43)48-29-34-17-11-6-12-18-34,30-49-36(44)46-25-21-39(2,19-23-41)27-32-13-7-4-8-14-32)31-50-37(45)47-26-22-40(3,20-24-42)28-33-15-9-5-10-16-33/h4-18,41-42H,19-31H2,1-3H3/q+2. The molecule has 0 radical (unpaired) electrons. The number of benzene rings is 3. The molecule has 0 fully saturated rings. The molecule has 0 aliphatic rings. The van der Waals surface area contributed by atoms with Gasteiger partial charge in [-0.2, -0.15) is 0 Å². The number of ether oxygens (including phenoxy) is 5.